The molecule has 1 atom stereocenters. The molecule has 0 bridgehead atoms. The molecule has 1 heterocycles. The van der Waals surface area contributed by atoms with Gasteiger partial charge in [-0.05, 0) is 74.7 Å². The summed E-state index contributed by atoms with van der Waals surface area (Å²) in [6.07, 6.45) is 2.13. The Balaban J connectivity index is 1.90. The molecule has 4 N–H and O–H groups in total. The Kier molecular flexibility index (Phi) is 7.89. The van der Waals surface area contributed by atoms with Crippen molar-refractivity contribution in [2.45, 2.75) is 39.4 Å². The lowest BCUT2D eigenvalue weighted by atomic mass is 10.0. The van der Waals surface area contributed by atoms with Crippen molar-refractivity contribution in [3.8, 4) is 5.75 Å². The molecule has 35 heavy (non-hydrogen) atoms. The molecule has 0 saturated carbocycles. The molecule has 184 valence electrons. The quantitative estimate of drug-likeness (QED) is 0.256. The highest BCUT2D eigenvalue weighted by Crippen LogP contribution is 2.29. The van der Waals surface area contributed by atoms with Gasteiger partial charge in [0.1, 0.15) is 11.6 Å². The molecule has 0 amide bonds. The van der Waals surface area contributed by atoms with E-state index < -0.39 is 24.3 Å². The number of anilines is 1. The summed E-state index contributed by atoms with van der Waals surface area (Å²) in [6, 6.07) is 12.8. The molecule has 8 nitrogen and oxygen atoms in total. The van der Waals surface area contributed by atoms with E-state index in [9.17, 15) is 19.8 Å². The van der Waals surface area contributed by atoms with Crippen LogP contribution in [0.2, 0.25) is 0 Å². The number of aliphatic carboxylic acids is 1. The highest BCUT2D eigenvalue weighted by atomic mass is 16.5. The van der Waals surface area contributed by atoms with Crippen molar-refractivity contribution < 1.29 is 29.6 Å². The van der Waals surface area contributed by atoms with Crippen molar-refractivity contribution >= 4 is 34.5 Å². The van der Waals surface area contributed by atoms with Gasteiger partial charge in [0.15, 0.2) is 11.4 Å². The van der Waals surface area contributed by atoms with E-state index >= 15 is 0 Å². The molecule has 0 fully saturated rings. The van der Waals surface area contributed by atoms with Crippen molar-refractivity contribution in [3.05, 3.63) is 70.8 Å². The van der Waals surface area contributed by atoms with E-state index in [0.29, 0.717) is 22.6 Å². The topological polar surface area (TPSA) is 129 Å². The predicted molar refractivity (Wildman–Crippen MR) is 135 cm³/mol. The number of allylic oxidation sites excluding steroid dienone is 1. The van der Waals surface area contributed by atoms with Crippen molar-refractivity contribution in [2.75, 3.05) is 18.5 Å². The summed E-state index contributed by atoms with van der Waals surface area (Å²) in [6.45, 7) is 6.25. The summed E-state index contributed by atoms with van der Waals surface area (Å²) < 4.78 is 5.74. The summed E-state index contributed by atoms with van der Waals surface area (Å²) in [5, 5.41) is 31.9. The van der Waals surface area contributed by atoms with E-state index in [-0.39, 0.29) is 12.3 Å². The lowest BCUT2D eigenvalue weighted by Gasteiger charge is -2.24. The number of hydrogen-bond donors (Lipinski definition) is 4. The predicted octanol–water partition coefficient (Wildman–Crippen LogP) is 3.75. The zero-order chi connectivity index (χ0) is 25.8. The summed E-state index contributed by atoms with van der Waals surface area (Å²) in [5.74, 6) is -0.538. The van der Waals surface area contributed by atoms with Gasteiger partial charge in [-0.3, -0.25) is 4.79 Å². The van der Waals surface area contributed by atoms with E-state index in [4.69, 9.17) is 9.84 Å². The summed E-state index contributed by atoms with van der Waals surface area (Å²) in [5.41, 5.74) is 1.91. The minimum Gasteiger partial charge on any atom is -0.478 e. The van der Waals surface area contributed by atoms with E-state index in [1.165, 1.54) is 19.9 Å². The number of carboxylic acid groups (broad SMARTS) is 1. The fraction of sp³-hybridized carbons (Fsp3) is 0.296. The number of aryl methyl sites for hydroxylation is 2. The maximum atomic E-state index is 13.1. The standard InChI is InChI=1S/C27H30N2O6/c1-16-11-18(12-17(2)24(16)35-27(3,4)26(33)34)9-10-23(32)21-13-19-7-5-6-8-22(19)29-25(21)28-14-20(31)15-30/h5-13,20,30-31H,14-15H2,1-4H3,(H,28,29)(H,33,34)/b10-9+. The van der Waals surface area contributed by atoms with Gasteiger partial charge in [0.25, 0.3) is 0 Å². The highest BCUT2D eigenvalue weighted by molar-refractivity contribution is 6.11. The number of carbonyl (C=O) groups excluding carboxylic acids is 1. The first-order valence-corrected chi connectivity index (χ1v) is 11.2. The molecule has 8 heteroatoms. The van der Waals surface area contributed by atoms with Gasteiger partial charge < -0.3 is 25.4 Å². The number of benzene rings is 2. The highest BCUT2D eigenvalue weighted by Gasteiger charge is 2.30. The minimum absolute atomic E-state index is 0.0401. The molecule has 0 aliphatic carbocycles. The zero-order valence-corrected chi connectivity index (χ0v) is 20.2. The molecule has 1 unspecified atom stereocenters. The van der Waals surface area contributed by atoms with Crippen LogP contribution in [-0.4, -0.2) is 56.9 Å². The van der Waals surface area contributed by atoms with Gasteiger partial charge in [0, 0.05) is 11.9 Å². The number of aromatic nitrogens is 1. The Morgan fingerprint density at radius 2 is 1.80 bits per heavy atom. The van der Waals surface area contributed by atoms with Crippen LogP contribution in [0.5, 0.6) is 5.75 Å². The van der Waals surface area contributed by atoms with Crippen molar-refractivity contribution in [3.63, 3.8) is 0 Å². The molecular formula is C27H30N2O6. The number of aliphatic hydroxyl groups excluding tert-OH is 2. The molecule has 3 aromatic rings. The van der Waals surface area contributed by atoms with Crippen LogP contribution in [0, 0.1) is 13.8 Å². The number of fused-ring (bicyclic) bond motifs is 1. The molecule has 0 aliphatic rings. The number of hydrogen-bond acceptors (Lipinski definition) is 7. The Morgan fingerprint density at radius 1 is 1.14 bits per heavy atom. The van der Waals surface area contributed by atoms with Gasteiger partial charge in [-0.25, -0.2) is 9.78 Å². The van der Waals surface area contributed by atoms with Gasteiger partial charge in [-0.1, -0.05) is 24.3 Å². The van der Waals surface area contributed by atoms with Crippen LogP contribution in [-0.2, 0) is 4.79 Å². The molecule has 3 rings (SSSR count). The van der Waals surface area contributed by atoms with E-state index in [1.807, 2.05) is 50.2 Å². The number of ether oxygens (including phenoxy) is 1. The van der Waals surface area contributed by atoms with Crippen molar-refractivity contribution in [1.29, 1.82) is 0 Å². The third-order valence-corrected chi connectivity index (χ3v) is 5.49. The van der Waals surface area contributed by atoms with Gasteiger partial charge in [-0.15, -0.1) is 0 Å². The van der Waals surface area contributed by atoms with Crippen LogP contribution >= 0.6 is 0 Å². The summed E-state index contributed by atoms with van der Waals surface area (Å²) in [7, 11) is 0. The fourth-order valence-corrected chi connectivity index (χ4v) is 3.52. The van der Waals surface area contributed by atoms with Crippen LogP contribution in [0.15, 0.2) is 48.5 Å². The Bertz CT molecular complexity index is 1260. The lowest BCUT2D eigenvalue weighted by Crippen LogP contribution is -2.38. The Hall–Kier alpha value is -3.75. The van der Waals surface area contributed by atoms with Crippen LogP contribution in [0.25, 0.3) is 17.0 Å². The molecule has 0 spiro atoms. The number of para-hydroxylation sites is 1. The maximum absolute atomic E-state index is 13.1. The third kappa shape index (κ3) is 6.23. The smallest absolute Gasteiger partial charge is 0.347 e. The van der Waals surface area contributed by atoms with E-state index in [1.54, 1.807) is 12.1 Å². The zero-order valence-electron chi connectivity index (χ0n) is 20.2. The number of ketones is 1. The molecule has 2 aromatic carbocycles. The van der Waals surface area contributed by atoms with Crippen molar-refractivity contribution in [1.82, 2.24) is 4.98 Å². The third-order valence-electron chi connectivity index (χ3n) is 5.49. The summed E-state index contributed by atoms with van der Waals surface area (Å²) in [4.78, 5) is 29.1. The second-order valence-corrected chi connectivity index (χ2v) is 8.89. The fourth-order valence-electron chi connectivity index (χ4n) is 3.52. The van der Waals surface area contributed by atoms with E-state index in [2.05, 4.69) is 10.3 Å². The minimum atomic E-state index is -1.38. The normalized spacial score (nSPS) is 12.6. The molecule has 0 radical (unpaired) electrons. The largest absolute Gasteiger partial charge is 0.478 e. The maximum Gasteiger partial charge on any atom is 0.347 e. The second kappa shape index (κ2) is 10.7. The monoisotopic (exact) mass is 478 g/mol. The molecule has 1 aromatic heterocycles. The number of aliphatic hydroxyl groups is 2. The second-order valence-electron chi connectivity index (χ2n) is 8.89. The average molecular weight is 479 g/mol. The van der Waals surface area contributed by atoms with Crippen LogP contribution < -0.4 is 10.1 Å². The SMILES string of the molecule is Cc1cc(/C=C/C(=O)c2cc3ccccc3nc2NCC(O)CO)cc(C)c1OC(C)(C)C(=O)O. The molecular weight excluding hydrogens is 448 g/mol. The van der Waals surface area contributed by atoms with E-state index in [0.717, 1.165) is 22.1 Å². The Labute approximate surface area is 203 Å². The van der Waals surface area contributed by atoms with Crippen molar-refractivity contribution in [2.24, 2.45) is 0 Å². The number of nitrogens with one attached hydrogen (secondary N) is 1. The first-order chi connectivity index (χ1) is 16.5. The number of pyridine rings is 1. The average Bonchev–Trinajstić information content (AvgIpc) is 2.82. The van der Waals surface area contributed by atoms with Gasteiger partial charge in [0.2, 0.25) is 0 Å². The van der Waals surface area contributed by atoms with Crippen LogP contribution in [0.1, 0.15) is 40.9 Å². The summed E-state index contributed by atoms with van der Waals surface area (Å²) >= 11 is 0. The van der Waals surface area contributed by atoms with Gasteiger partial charge in [-0.2, -0.15) is 0 Å². The lowest BCUT2D eigenvalue weighted by molar-refractivity contribution is -0.152. The Morgan fingerprint density at radius 3 is 2.43 bits per heavy atom. The number of carboxylic acids is 1. The number of carbonyl (C=O) groups is 2. The first-order valence-electron chi connectivity index (χ1n) is 11.2. The van der Waals surface area contributed by atoms with Gasteiger partial charge in [0.05, 0.1) is 23.8 Å². The van der Waals surface area contributed by atoms with Crippen LogP contribution in [0.3, 0.4) is 0 Å². The first kappa shape index (κ1) is 25.9. The van der Waals surface area contributed by atoms with Crippen LogP contribution in [0.4, 0.5) is 5.82 Å². The molecule has 0 saturated heterocycles. The number of nitrogens with zero attached hydrogens (tertiary/aromatic N) is 1. The van der Waals surface area contributed by atoms with Gasteiger partial charge >= 0.3 is 5.97 Å². The number of rotatable bonds is 10. The molecule has 0 aliphatic heterocycles.